The number of hydrogen-bond donors (Lipinski definition) is 3. The Labute approximate surface area is 221 Å². The predicted molar refractivity (Wildman–Crippen MR) is 137 cm³/mol. The number of aryl methyl sites for hydroxylation is 2. The lowest BCUT2D eigenvalue weighted by atomic mass is 9.99. The van der Waals surface area contributed by atoms with E-state index in [9.17, 15) is 18.4 Å². The monoisotopic (exact) mass is 552 g/mol. The molecule has 4 heterocycles. The van der Waals surface area contributed by atoms with Crippen LogP contribution in [0.25, 0.3) is 0 Å². The predicted octanol–water partition coefficient (Wildman–Crippen LogP) is 4.39. The minimum atomic E-state index is -2.88. The lowest BCUT2D eigenvalue weighted by Crippen LogP contribution is -2.47. The first-order valence-corrected chi connectivity index (χ1v) is 12.8. The molecular formula is C24H27ClF2N6O3S. The fourth-order valence-electron chi connectivity index (χ4n) is 3.86. The smallest absolute Gasteiger partial charge is 0.271 e. The molecule has 0 aliphatic carbocycles. The summed E-state index contributed by atoms with van der Waals surface area (Å²) in [6, 6.07) is 4.28. The number of nitrogens with one attached hydrogen (secondary N) is 3. The molecule has 37 heavy (non-hydrogen) atoms. The summed E-state index contributed by atoms with van der Waals surface area (Å²) in [7, 11) is 1.71. The van der Waals surface area contributed by atoms with Gasteiger partial charge in [-0.2, -0.15) is 5.10 Å². The minimum Gasteiger partial charge on any atom is -0.379 e. The Bertz CT molecular complexity index is 1260. The van der Waals surface area contributed by atoms with Crippen LogP contribution in [0.15, 0.2) is 36.8 Å². The molecule has 1 unspecified atom stereocenters. The number of thiophene rings is 1. The van der Waals surface area contributed by atoms with Crippen LogP contribution in [0.4, 0.5) is 20.2 Å². The molecule has 1 aliphatic rings. The molecule has 0 radical (unpaired) electrons. The fraction of sp³-hybridized carbons (Fsp3) is 0.417. The van der Waals surface area contributed by atoms with Crippen LogP contribution >= 0.6 is 22.9 Å². The quantitative estimate of drug-likeness (QED) is 0.363. The SMILES string of the molecule is Cc1ncc(Cl)cc1NCc1ccc(C(=O)N[C@@H](CC2CCC(F)(F)CO2)C(=O)Nc2cnn(C)c2)s1. The van der Waals surface area contributed by atoms with E-state index in [1.807, 2.05) is 13.0 Å². The van der Waals surface area contributed by atoms with Gasteiger partial charge in [0.25, 0.3) is 11.8 Å². The highest BCUT2D eigenvalue weighted by Crippen LogP contribution is 2.30. The van der Waals surface area contributed by atoms with Crippen LogP contribution < -0.4 is 16.0 Å². The Morgan fingerprint density at radius 3 is 2.86 bits per heavy atom. The number of pyridine rings is 1. The molecule has 13 heteroatoms. The third-order valence-electron chi connectivity index (χ3n) is 5.85. The summed E-state index contributed by atoms with van der Waals surface area (Å²) in [4.78, 5) is 31.6. The number of ether oxygens (including phenoxy) is 1. The van der Waals surface area contributed by atoms with Gasteiger partial charge in [0, 0.05) is 43.7 Å². The highest BCUT2D eigenvalue weighted by atomic mass is 35.5. The maximum absolute atomic E-state index is 13.5. The van der Waals surface area contributed by atoms with Gasteiger partial charge in [0.1, 0.15) is 12.6 Å². The van der Waals surface area contributed by atoms with Gasteiger partial charge in [-0.15, -0.1) is 11.3 Å². The molecule has 2 atom stereocenters. The van der Waals surface area contributed by atoms with E-state index >= 15 is 0 Å². The second-order valence-corrected chi connectivity index (χ2v) is 10.5. The molecule has 0 aromatic carbocycles. The average molecular weight is 553 g/mol. The number of hydrogen-bond acceptors (Lipinski definition) is 7. The van der Waals surface area contributed by atoms with Crippen LogP contribution in [0.5, 0.6) is 0 Å². The highest BCUT2D eigenvalue weighted by Gasteiger charge is 2.37. The average Bonchev–Trinajstić information content (AvgIpc) is 3.49. The molecule has 2 amide bonds. The van der Waals surface area contributed by atoms with E-state index < -0.39 is 36.5 Å². The lowest BCUT2D eigenvalue weighted by Gasteiger charge is -2.31. The van der Waals surface area contributed by atoms with Crippen LogP contribution in [-0.4, -0.2) is 51.3 Å². The Morgan fingerprint density at radius 2 is 2.16 bits per heavy atom. The van der Waals surface area contributed by atoms with E-state index in [2.05, 4.69) is 26.0 Å². The van der Waals surface area contributed by atoms with Gasteiger partial charge in [0.2, 0.25) is 5.91 Å². The summed E-state index contributed by atoms with van der Waals surface area (Å²) in [5, 5.41) is 13.2. The molecule has 0 saturated carbocycles. The first-order valence-electron chi connectivity index (χ1n) is 11.6. The summed E-state index contributed by atoms with van der Waals surface area (Å²) >= 11 is 7.29. The van der Waals surface area contributed by atoms with E-state index in [0.29, 0.717) is 22.1 Å². The lowest BCUT2D eigenvalue weighted by molar-refractivity contribution is -0.147. The summed E-state index contributed by atoms with van der Waals surface area (Å²) in [6.45, 7) is 1.61. The molecular weight excluding hydrogens is 526 g/mol. The van der Waals surface area contributed by atoms with Crippen LogP contribution in [0.1, 0.15) is 39.5 Å². The van der Waals surface area contributed by atoms with Gasteiger partial charge in [-0.05, 0) is 31.5 Å². The van der Waals surface area contributed by atoms with Gasteiger partial charge in [0.15, 0.2) is 0 Å². The number of nitrogens with zero attached hydrogens (tertiary/aromatic N) is 3. The van der Waals surface area contributed by atoms with E-state index in [-0.39, 0.29) is 19.3 Å². The number of halogens is 3. The van der Waals surface area contributed by atoms with Crippen LogP contribution in [0.3, 0.4) is 0 Å². The van der Waals surface area contributed by atoms with Crippen molar-refractivity contribution < 1.29 is 23.1 Å². The Balaban J connectivity index is 1.41. The van der Waals surface area contributed by atoms with Gasteiger partial charge < -0.3 is 20.7 Å². The van der Waals surface area contributed by atoms with E-state index in [1.165, 1.54) is 22.2 Å². The topological polar surface area (TPSA) is 110 Å². The van der Waals surface area contributed by atoms with Gasteiger partial charge in [-0.1, -0.05) is 11.6 Å². The minimum absolute atomic E-state index is 0.0642. The highest BCUT2D eigenvalue weighted by molar-refractivity contribution is 7.14. The van der Waals surface area contributed by atoms with E-state index in [1.54, 1.807) is 31.6 Å². The maximum Gasteiger partial charge on any atom is 0.271 e. The molecule has 198 valence electrons. The zero-order chi connectivity index (χ0) is 26.6. The van der Waals surface area contributed by atoms with Gasteiger partial charge >= 0.3 is 0 Å². The second-order valence-electron chi connectivity index (χ2n) is 8.89. The molecule has 3 aromatic heterocycles. The van der Waals surface area contributed by atoms with E-state index in [4.69, 9.17) is 16.3 Å². The third kappa shape index (κ3) is 7.46. The molecule has 1 aliphatic heterocycles. The normalized spacial score (nSPS) is 17.7. The van der Waals surface area contributed by atoms with E-state index in [0.717, 1.165) is 16.3 Å². The molecule has 3 aromatic rings. The summed E-state index contributed by atoms with van der Waals surface area (Å²) in [5.74, 6) is -3.80. The van der Waals surface area contributed by atoms with Crippen molar-refractivity contribution in [2.45, 2.75) is 50.8 Å². The van der Waals surface area contributed by atoms with Crippen molar-refractivity contribution in [3.63, 3.8) is 0 Å². The number of anilines is 2. The van der Waals surface area contributed by atoms with Crippen molar-refractivity contribution in [3.8, 4) is 0 Å². The fourth-order valence-corrected chi connectivity index (χ4v) is 4.86. The Kier molecular flexibility index (Phi) is 8.40. The van der Waals surface area contributed by atoms with Crippen LogP contribution in [0, 0.1) is 6.92 Å². The van der Waals surface area contributed by atoms with Crippen molar-refractivity contribution in [2.75, 3.05) is 17.2 Å². The van der Waals surface area contributed by atoms with Gasteiger partial charge in [-0.25, -0.2) is 8.78 Å². The second kappa shape index (κ2) is 11.5. The Hall–Kier alpha value is -3.09. The van der Waals surface area contributed by atoms with Crippen molar-refractivity contribution in [2.24, 2.45) is 7.05 Å². The molecule has 9 nitrogen and oxygen atoms in total. The van der Waals surface area contributed by atoms with Crippen molar-refractivity contribution in [3.05, 3.63) is 57.3 Å². The van der Waals surface area contributed by atoms with Crippen LogP contribution in [-0.2, 0) is 23.1 Å². The summed E-state index contributed by atoms with van der Waals surface area (Å²) in [5.41, 5.74) is 2.04. The molecule has 1 saturated heterocycles. The Morgan fingerprint density at radius 1 is 1.35 bits per heavy atom. The first-order chi connectivity index (χ1) is 17.6. The molecule has 1 fully saturated rings. The number of rotatable bonds is 9. The number of amides is 2. The third-order valence-corrected chi connectivity index (χ3v) is 7.14. The molecule has 0 spiro atoms. The van der Waals surface area contributed by atoms with Gasteiger partial charge in [-0.3, -0.25) is 19.3 Å². The molecule has 3 N–H and O–H groups in total. The standard InChI is InChI=1S/C24H27ClF2N6O3S/c1-14-19(7-15(25)9-28-14)29-11-18-3-4-21(37-18)23(35)32-20(8-17-5-6-24(26,27)13-36-17)22(34)31-16-10-30-33(2)12-16/h3-4,7,9-10,12,17,20,29H,5-6,8,11,13H2,1-2H3,(H,31,34)(H,32,35)/t17?,20-/m0/s1. The van der Waals surface area contributed by atoms with Crippen molar-refractivity contribution >= 4 is 46.1 Å². The van der Waals surface area contributed by atoms with Crippen LogP contribution in [0.2, 0.25) is 5.02 Å². The zero-order valence-electron chi connectivity index (χ0n) is 20.3. The van der Waals surface area contributed by atoms with Gasteiger partial charge in [0.05, 0.1) is 39.3 Å². The summed E-state index contributed by atoms with van der Waals surface area (Å²) in [6.07, 6.45) is 3.91. The summed E-state index contributed by atoms with van der Waals surface area (Å²) < 4.78 is 33.8. The number of alkyl halides is 2. The number of carbonyl (C=O) groups is 2. The molecule has 4 rings (SSSR count). The molecule has 0 bridgehead atoms. The zero-order valence-corrected chi connectivity index (χ0v) is 21.8. The van der Waals surface area contributed by atoms with Crippen molar-refractivity contribution in [1.29, 1.82) is 0 Å². The first kappa shape index (κ1) is 27.0. The number of carbonyl (C=O) groups excluding carboxylic acids is 2. The van der Waals surface area contributed by atoms with Crippen molar-refractivity contribution in [1.82, 2.24) is 20.1 Å². The largest absolute Gasteiger partial charge is 0.379 e. The number of aromatic nitrogens is 3. The maximum atomic E-state index is 13.5.